The lowest BCUT2D eigenvalue weighted by atomic mass is 10.5. The Morgan fingerprint density at radius 1 is 1.56 bits per heavy atom. The van der Waals surface area contributed by atoms with E-state index in [2.05, 4.69) is 4.74 Å². The molecule has 0 radical (unpaired) electrons. The third kappa shape index (κ3) is 32.8. The van der Waals surface area contributed by atoms with Crippen LogP contribution in [0.15, 0.2) is 0 Å². The van der Waals surface area contributed by atoms with Crippen LogP contribution in [0.25, 0.3) is 0 Å². The van der Waals surface area contributed by atoms with Gasteiger partial charge in [-0.05, 0) is 13.8 Å². The van der Waals surface area contributed by atoms with Crippen molar-refractivity contribution in [2.24, 2.45) is 0 Å². The fourth-order valence-corrected chi connectivity index (χ4v) is 0.241. The van der Waals surface area contributed by atoms with E-state index in [9.17, 15) is 0 Å². The number of aliphatic hydroxyl groups excluding tert-OH is 2. The topological polar surface area (TPSA) is 49.7 Å². The molecule has 0 bridgehead atoms. The molecule has 0 rings (SSSR count). The van der Waals surface area contributed by atoms with Crippen molar-refractivity contribution in [3.8, 4) is 0 Å². The van der Waals surface area contributed by atoms with Crippen LogP contribution in [0, 0.1) is 0 Å². The number of hydrogen-bond acceptors (Lipinski definition) is 3. The van der Waals surface area contributed by atoms with Gasteiger partial charge in [0.25, 0.3) is 0 Å². The van der Waals surface area contributed by atoms with Crippen LogP contribution < -0.4 is 0 Å². The zero-order valence-corrected chi connectivity index (χ0v) is 6.29. The van der Waals surface area contributed by atoms with Gasteiger partial charge in [-0.1, -0.05) is 0 Å². The van der Waals surface area contributed by atoms with Gasteiger partial charge in [0.05, 0.1) is 12.7 Å². The van der Waals surface area contributed by atoms with Gasteiger partial charge >= 0.3 is 0 Å². The fourth-order valence-electron chi connectivity index (χ4n) is 0.241. The molecule has 0 saturated heterocycles. The average molecular weight is 136 g/mol. The van der Waals surface area contributed by atoms with Crippen molar-refractivity contribution in [2.75, 3.05) is 20.3 Å². The summed E-state index contributed by atoms with van der Waals surface area (Å²) in [7, 11) is 1.56. The minimum atomic E-state index is -0.324. The standard InChI is InChI=1S/C4H10O2.C2H6O/c1-4(5)3-6-2;1-2-3/h4-5H,3H2,1-2H3;3H,2H2,1H3. The molecule has 0 aromatic carbocycles. The van der Waals surface area contributed by atoms with Gasteiger partial charge in [-0.25, -0.2) is 0 Å². The second-order valence-corrected chi connectivity index (χ2v) is 1.62. The van der Waals surface area contributed by atoms with Gasteiger partial charge in [0.15, 0.2) is 0 Å². The summed E-state index contributed by atoms with van der Waals surface area (Å²) >= 11 is 0. The van der Waals surface area contributed by atoms with E-state index in [1.54, 1.807) is 21.0 Å². The molecule has 0 aliphatic heterocycles. The van der Waals surface area contributed by atoms with Crippen LogP contribution in [0.2, 0.25) is 0 Å². The van der Waals surface area contributed by atoms with Gasteiger partial charge in [-0.2, -0.15) is 0 Å². The molecule has 3 heteroatoms. The SMILES string of the molecule is CCO.COCC(C)O. The summed E-state index contributed by atoms with van der Waals surface area (Å²) in [6.07, 6.45) is -0.324. The fraction of sp³-hybridized carbons (Fsp3) is 1.00. The predicted molar refractivity (Wildman–Crippen MR) is 36.3 cm³/mol. The Morgan fingerprint density at radius 3 is 1.89 bits per heavy atom. The van der Waals surface area contributed by atoms with E-state index in [1.807, 2.05) is 0 Å². The molecule has 0 saturated carbocycles. The summed E-state index contributed by atoms with van der Waals surface area (Å²) in [4.78, 5) is 0. The lowest BCUT2D eigenvalue weighted by molar-refractivity contribution is 0.0765. The van der Waals surface area contributed by atoms with Crippen LogP contribution in [-0.2, 0) is 4.74 Å². The molecule has 0 fully saturated rings. The molecule has 1 unspecified atom stereocenters. The van der Waals surface area contributed by atoms with E-state index in [-0.39, 0.29) is 12.7 Å². The van der Waals surface area contributed by atoms with E-state index in [4.69, 9.17) is 10.2 Å². The molecule has 0 spiro atoms. The Bertz CT molecular complexity index is 37.3. The van der Waals surface area contributed by atoms with E-state index in [0.29, 0.717) is 6.61 Å². The maximum Gasteiger partial charge on any atom is 0.0745 e. The summed E-state index contributed by atoms with van der Waals surface area (Å²) in [5.41, 5.74) is 0. The average Bonchev–Trinajstić information content (AvgIpc) is 1.67. The van der Waals surface area contributed by atoms with E-state index in [1.165, 1.54) is 0 Å². The normalized spacial score (nSPS) is 11.7. The van der Waals surface area contributed by atoms with Crippen LogP contribution in [0.4, 0.5) is 0 Å². The van der Waals surface area contributed by atoms with Gasteiger partial charge in [-0.15, -0.1) is 0 Å². The largest absolute Gasteiger partial charge is 0.397 e. The second kappa shape index (κ2) is 10.8. The van der Waals surface area contributed by atoms with Crippen LogP contribution in [0.1, 0.15) is 13.8 Å². The van der Waals surface area contributed by atoms with Crippen LogP contribution >= 0.6 is 0 Å². The van der Waals surface area contributed by atoms with Crippen molar-refractivity contribution in [1.82, 2.24) is 0 Å². The van der Waals surface area contributed by atoms with Crippen molar-refractivity contribution < 1.29 is 14.9 Å². The molecule has 1 atom stereocenters. The summed E-state index contributed by atoms with van der Waals surface area (Å²) in [5.74, 6) is 0. The molecule has 9 heavy (non-hydrogen) atoms. The molecule has 2 N–H and O–H groups in total. The number of ether oxygens (including phenoxy) is 1. The highest BCUT2D eigenvalue weighted by atomic mass is 16.5. The van der Waals surface area contributed by atoms with Crippen LogP contribution in [-0.4, -0.2) is 36.6 Å². The maximum atomic E-state index is 8.43. The van der Waals surface area contributed by atoms with Crippen molar-refractivity contribution >= 4 is 0 Å². The third-order valence-corrected chi connectivity index (χ3v) is 0.408. The Labute approximate surface area is 56.3 Å². The van der Waals surface area contributed by atoms with Crippen molar-refractivity contribution in [2.45, 2.75) is 20.0 Å². The van der Waals surface area contributed by atoms with Gasteiger partial charge in [0, 0.05) is 13.7 Å². The molecule has 0 aliphatic rings. The zero-order valence-electron chi connectivity index (χ0n) is 6.29. The Morgan fingerprint density at radius 2 is 1.89 bits per heavy atom. The Kier molecular flexibility index (Phi) is 14.0. The first-order valence-corrected chi connectivity index (χ1v) is 2.96. The van der Waals surface area contributed by atoms with Crippen molar-refractivity contribution in [3.05, 3.63) is 0 Å². The summed E-state index contributed by atoms with van der Waals surface area (Å²) < 4.78 is 4.55. The second-order valence-electron chi connectivity index (χ2n) is 1.62. The highest BCUT2D eigenvalue weighted by Gasteiger charge is 1.87. The summed E-state index contributed by atoms with van der Waals surface area (Å²) in [6.45, 7) is 4.05. The first kappa shape index (κ1) is 11.6. The quantitative estimate of drug-likeness (QED) is 0.562. The number of hydrogen-bond donors (Lipinski definition) is 2. The monoisotopic (exact) mass is 136 g/mol. The van der Waals surface area contributed by atoms with Crippen molar-refractivity contribution in [1.29, 1.82) is 0 Å². The smallest absolute Gasteiger partial charge is 0.0745 e. The first-order chi connectivity index (χ1) is 4.18. The molecule has 0 aliphatic carbocycles. The van der Waals surface area contributed by atoms with E-state index in [0.717, 1.165) is 0 Å². The predicted octanol–water partition coefficient (Wildman–Crippen LogP) is 0.0122. The summed E-state index contributed by atoms with van der Waals surface area (Å²) in [5, 5.41) is 16.0. The molecule has 0 aromatic heterocycles. The highest BCUT2D eigenvalue weighted by Crippen LogP contribution is 1.75. The maximum absolute atomic E-state index is 8.43. The minimum absolute atomic E-state index is 0.250. The van der Waals surface area contributed by atoms with E-state index < -0.39 is 0 Å². The number of rotatable bonds is 2. The molecule has 58 valence electrons. The van der Waals surface area contributed by atoms with E-state index >= 15 is 0 Å². The number of aliphatic hydroxyl groups is 2. The molecular formula is C6H16O3. The lowest BCUT2D eigenvalue weighted by Crippen LogP contribution is -2.07. The molecular weight excluding hydrogens is 120 g/mol. The van der Waals surface area contributed by atoms with Crippen LogP contribution in [0.3, 0.4) is 0 Å². The number of methoxy groups -OCH3 is 1. The molecule has 0 heterocycles. The molecule has 3 nitrogen and oxygen atoms in total. The Balaban J connectivity index is 0. The van der Waals surface area contributed by atoms with Crippen LogP contribution in [0.5, 0.6) is 0 Å². The highest BCUT2D eigenvalue weighted by molar-refractivity contribution is 4.36. The van der Waals surface area contributed by atoms with Crippen molar-refractivity contribution in [3.63, 3.8) is 0 Å². The zero-order chi connectivity index (χ0) is 7.70. The molecule has 0 aromatic rings. The summed E-state index contributed by atoms with van der Waals surface area (Å²) in [6, 6.07) is 0. The minimum Gasteiger partial charge on any atom is -0.397 e. The lowest BCUT2D eigenvalue weighted by Gasteiger charge is -1.97. The van der Waals surface area contributed by atoms with Gasteiger partial charge < -0.3 is 14.9 Å². The van der Waals surface area contributed by atoms with Gasteiger partial charge in [-0.3, -0.25) is 0 Å². The first-order valence-electron chi connectivity index (χ1n) is 2.96. The van der Waals surface area contributed by atoms with Gasteiger partial charge in [0.1, 0.15) is 0 Å². The third-order valence-electron chi connectivity index (χ3n) is 0.408. The molecule has 0 amide bonds. The van der Waals surface area contributed by atoms with Gasteiger partial charge in [0.2, 0.25) is 0 Å². The Hall–Kier alpha value is -0.120.